The van der Waals surface area contributed by atoms with Crippen LogP contribution in [-0.4, -0.2) is 94.5 Å². The number of nitrogens with zero attached hydrogens (tertiary/aromatic N) is 4. The first-order chi connectivity index (χ1) is 67.2. The number of hydrogen-bond acceptors (Lipinski definition) is 16. The summed E-state index contributed by atoms with van der Waals surface area (Å²) in [6, 6.07) is 69.9. The van der Waals surface area contributed by atoms with Gasteiger partial charge in [0.15, 0.2) is 23.0 Å². The van der Waals surface area contributed by atoms with Crippen LogP contribution < -0.4 is 81.4 Å². The summed E-state index contributed by atoms with van der Waals surface area (Å²) in [6.45, 7) is 29.1. The topological polar surface area (TPSA) is 278 Å². The molecule has 1 aliphatic carbocycles. The molecule has 0 saturated heterocycles. The lowest BCUT2D eigenvalue weighted by Crippen LogP contribution is -2.33. The number of carbonyl (C=O) groups is 4. The van der Waals surface area contributed by atoms with Crippen LogP contribution >= 0.6 is 0 Å². The second-order valence-electron chi connectivity index (χ2n) is 40.1. The van der Waals surface area contributed by atoms with Crippen LogP contribution in [0.25, 0.3) is 0 Å². The second kappa shape index (κ2) is 48.9. The number of aromatic nitrogens is 4. The van der Waals surface area contributed by atoms with Crippen LogP contribution in [0.2, 0.25) is 0 Å². The standard InChI is InChI=1S/C116H136N8O16/c1-113(2,3)93-65-85-61-87-67-94(114(4,5)6)69-89(106(87)134-58-30-26-50-118-102(126)74-122-54-34-46-98(110(122)130)138-78-82-39-19-14-20-40-82)63-91-71-96(116(10,11)12)72-92(108(91)136-60-32-28-52-120-104(128)76-124-56-36-48-100(112(124)132)140-80-84-43-23-16-24-44-84)64-90-70-95(115(7,8)9)68-88(107(90)135-59-31-27-51-119-103(127)75-123-55-35-47-99(111(123)131)139-79-83-41-21-15-22-42-83)62-86(66-93)105(85)133-57-29-25-49-117-101(125)73-121-53-33-45-97(109(121)129)137-77-81-37-17-13-18-38-81/h13-24,33-48,53-56,65-72H,25-32,49-52,57-64,73-80H2,1-12H3,(H,117,125)(H,118,126)(H,119,127)(H,120,128). The number of benzene rings is 8. The van der Waals surface area contributed by atoms with Crippen molar-refractivity contribution in [3.05, 3.63) is 374 Å². The van der Waals surface area contributed by atoms with Crippen LogP contribution in [0.1, 0.15) is 223 Å². The van der Waals surface area contributed by atoms with E-state index in [2.05, 4.69) is 153 Å². The lowest BCUT2D eigenvalue weighted by Gasteiger charge is -2.29. The molecule has 4 aromatic heterocycles. The number of pyridine rings is 4. The Morgan fingerprint density at radius 3 is 0.614 bits per heavy atom. The fourth-order valence-corrected chi connectivity index (χ4v) is 16.7. The molecule has 4 amide bonds. The van der Waals surface area contributed by atoms with Crippen LogP contribution in [0, 0.1) is 0 Å². The molecule has 4 N–H and O–H groups in total. The fraction of sp³-hybridized carbons (Fsp3) is 0.379. The van der Waals surface area contributed by atoms with Crippen LogP contribution in [0.4, 0.5) is 0 Å². The average molecular weight is 1900 g/mol. The highest BCUT2D eigenvalue weighted by atomic mass is 16.5. The van der Waals surface area contributed by atoms with Crippen LogP contribution in [0.5, 0.6) is 46.0 Å². The van der Waals surface area contributed by atoms with E-state index in [1.807, 2.05) is 121 Å². The first-order valence-corrected chi connectivity index (χ1v) is 48.9. The van der Waals surface area contributed by atoms with Gasteiger partial charge in [0.2, 0.25) is 23.6 Å². The molecule has 8 bridgehead atoms. The van der Waals surface area contributed by atoms with Crippen molar-refractivity contribution >= 4 is 23.6 Å². The zero-order valence-corrected chi connectivity index (χ0v) is 83.2. The van der Waals surface area contributed by atoms with E-state index in [4.69, 9.17) is 37.9 Å². The van der Waals surface area contributed by atoms with Gasteiger partial charge in [0.25, 0.3) is 22.2 Å². The molecule has 13 rings (SSSR count). The van der Waals surface area contributed by atoms with Gasteiger partial charge in [-0.05, 0) is 211 Å². The van der Waals surface area contributed by atoms with E-state index >= 15 is 0 Å². The molecule has 0 unspecified atom stereocenters. The molecule has 0 spiro atoms. The van der Waals surface area contributed by atoms with E-state index in [1.54, 1.807) is 73.3 Å². The highest BCUT2D eigenvalue weighted by Gasteiger charge is 2.31. The van der Waals surface area contributed by atoms with E-state index in [9.17, 15) is 38.4 Å². The van der Waals surface area contributed by atoms with Crippen molar-refractivity contribution in [2.24, 2.45) is 0 Å². The Morgan fingerprint density at radius 2 is 0.436 bits per heavy atom. The van der Waals surface area contributed by atoms with Gasteiger partial charge in [-0.15, -0.1) is 0 Å². The lowest BCUT2D eigenvalue weighted by molar-refractivity contribution is -0.122. The maximum absolute atomic E-state index is 13.8. The second-order valence-corrected chi connectivity index (χ2v) is 40.1. The first kappa shape index (κ1) is 103. The number of hydrogen-bond donors (Lipinski definition) is 4. The molecule has 736 valence electrons. The third-order valence-electron chi connectivity index (χ3n) is 24.7. The van der Waals surface area contributed by atoms with Gasteiger partial charge in [-0.25, -0.2) is 0 Å². The van der Waals surface area contributed by atoms with Crippen molar-refractivity contribution in [1.29, 1.82) is 0 Å². The number of rotatable bonds is 44. The molecule has 24 nitrogen and oxygen atoms in total. The summed E-state index contributed by atoms with van der Waals surface area (Å²) in [5, 5.41) is 12.2. The van der Waals surface area contributed by atoms with Crippen molar-refractivity contribution in [2.75, 3.05) is 52.6 Å². The number of fused-ring (bicyclic) bond motifs is 8. The molecule has 0 radical (unpaired) electrons. The molecule has 4 heterocycles. The molecule has 140 heavy (non-hydrogen) atoms. The van der Waals surface area contributed by atoms with E-state index in [0.29, 0.717) is 126 Å². The third-order valence-corrected chi connectivity index (χ3v) is 24.7. The largest absolute Gasteiger partial charge is 0.493 e. The summed E-state index contributed by atoms with van der Waals surface area (Å²) in [5.74, 6) is 2.14. The van der Waals surface area contributed by atoms with Gasteiger partial charge in [0.1, 0.15) is 75.6 Å². The Hall–Kier alpha value is -14.2. The quantitative estimate of drug-likeness (QED) is 0.0258. The van der Waals surface area contributed by atoms with Gasteiger partial charge in [-0.3, -0.25) is 38.4 Å². The number of nitrogens with one attached hydrogen (secondary N) is 4. The summed E-state index contributed by atoms with van der Waals surface area (Å²) in [4.78, 5) is 110. The SMILES string of the molecule is CC(C)(C)c1cc2c(OCCCCNC(=O)Cn3cccc(OCc4ccccc4)c3=O)c(c1)Cc1cc(C(C)(C)C)cc(c1OCCCCNC(=O)Cn1cccc(OCc3ccccc3)c1=O)Cc1cc(C(C)(C)C)cc(c1OCCCCNC(=O)Cn1cccc(OCc3ccccc3)c1=O)Cc1cc(C(C)(C)C)cc(c1OCCCCNC(=O)Cn1cccc(OCc3ccccc3)c1=O)C2. The fourth-order valence-electron chi connectivity index (χ4n) is 16.7. The van der Waals surface area contributed by atoms with Crippen molar-refractivity contribution in [3.8, 4) is 46.0 Å². The van der Waals surface area contributed by atoms with Gasteiger partial charge in [0.05, 0.1) is 26.4 Å². The predicted molar refractivity (Wildman–Crippen MR) is 549 cm³/mol. The van der Waals surface area contributed by atoms with Gasteiger partial charge in [-0.2, -0.15) is 0 Å². The molecule has 0 saturated carbocycles. The Morgan fingerprint density at radius 1 is 0.250 bits per heavy atom. The normalized spacial score (nSPS) is 12.1. The van der Waals surface area contributed by atoms with Crippen molar-refractivity contribution < 1.29 is 57.1 Å². The number of amides is 4. The summed E-state index contributed by atoms with van der Waals surface area (Å²) in [5.41, 5.74) is 12.2. The van der Waals surface area contributed by atoms with E-state index in [-0.39, 0.29) is 147 Å². The Bertz CT molecular complexity index is 5590. The Balaban J connectivity index is 0.841. The average Bonchev–Trinajstić information content (AvgIpc) is 0.757. The van der Waals surface area contributed by atoms with E-state index < -0.39 is 22.2 Å². The number of ether oxygens (including phenoxy) is 8. The smallest absolute Gasteiger partial charge is 0.293 e. The minimum atomic E-state index is -0.408. The lowest BCUT2D eigenvalue weighted by atomic mass is 9.79. The van der Waals surface area contributed by atoms with Gasteiger partial charge in [0, 0.05) is 76.6 Å². The Kier molecular flexibility index (Phi) is 36.1. The Labute approximate surface area is 822 Å². The minimum Gasteiger partial charge on any atom is -0.493 e. The molecule has 0 aliphatic heterocycles. The summed E-state index contributed by atoms with van der Waals surface area (Å²) < 4.78 is 58.9. The molecule has 8 aromatic carbocycles. The van der Waals surface area contributed by atoms with Gasteiger partial charge in [-0.1, -0.05) is 253 Å². The van der Waals surface area contributed by atoms with Crippen molar-refractivity contribution in [3.63, 3.8) is 0 Å². The van der Waals surface area contributed by atoms with Crippen LogP contribution in [-0.2, 0) is 119 Å². The summed E-state index contributed by atoms with van der Waals surface area (Å²) in [7, 11) is 0. The van der Waals surface area contributed by atoms with Crippen LogP contribution in [0.3, 0.4) is 0 Å². The van der Waals surface area contributed by atoms with Gasteiger partial charge >= 0.3 is 0 Å². The van der Waals surface area contributed by atoms with Gasteiger partial charge < -0.3 is 77.4 Å². The molecule has 0 atom stereocenters. The monoisotopic (exact) mass is 1900 g/mol. The first-order valence-electron chi connectivity index (χ1n) is 48.9. The molecule has 1 aliphatic rings. The maximum Gasteiger partial charge on any atom is 0.293 e. The highest BCUT2D eigenvalue weighted by molar-refractivity contribution is 5.77. The zero-order chi connectivity index (χ0) is 99.4. The van der Waals surface area contributed by atoms with E-state index in [1.165, 1.54) is 18.3 Å². The van der Waals surface area contributed by atoms with E-state index in [0.717, 1.165) is 89.0 Å². The summed E-state index contributed by atoms with van der Waals surface area (Å²) in [6.07, 6.45) is 12.2. The molecule has 12 aromatic rings. The molecular weight excluding hydrogens is 1760 g/mol. The predicted octanol–water partition coefficient (Wildman–Crippen LogP) is 18.4. The van der Waals surface area contributed by atoms with Crippen molar-refractivity contribution in [2.45, 2.75) is 234 Å². The molecular formula is C116H136N8O16. The molecule has 24 heteroatoms. The summed E-state index contributed by atoms with van der Waals surface area (Å²) >= 11 is 0. The minimum absolute atomic E-state index is 0.148. The third kappa shape index (κ3) is 29.9. The van der Waals surface area contributed by atoms with Crippen LogP contribution in [0.15, 0.2) is 262 Å². The number of carbonyl (C=O) groups excluding carboxylic acids is 4. The zero-order valence-electron chi connectivity index (χ0n) is 83.2. The van der Waals surface area contributed by atoms with Crippen molar-refractivity contribution in [1.82, 2.24) is 39.5 Å². The molecule has 0 fully saturated rings. The number of unbranched alkanes of at least 4 members (excludes halogenated alkanes) is 4. The maximum atomic E-state index is 13.8. The highest BCUT2D eigenvalue weighted by Crippen LogP contribution is 2.45.